The van der Waals surface area contributed by atoms with Crippen molar-refractivity contribution in [1.82, 2.24) is 10.6 Å². The Kier molecular flexibility index (Phi) is 5.59. The lowest BCUT2D eigenvalue weighted by Crippen LogP contribution is -2.83. The Morgan fingerprint density at radius 3 is 2.62 bits per heavy atom. The second-order valence-electron chi connectivity index (χ2n) is 6.95. The van der Waals surface area contributed by atoms with Gasteiger partial charge >= 0.3 is 5.97 Å². The first-order valence-corrected chi connectivity index (χ1v) is 8.24. The number of aliphatic carboxylic acids is 1. The van der Waals surface area contributed by atoms with Crippen LogP contribution in [0.1, 0.15) is 32.6 Å². The number of carboxylic acids is 1. The Morgan fingerprint density at radius 1 is 1.38 bits per heavy atom. The summed E-state index contributed by atoms with van der Waals surface area (Å²) in [6, 6.07) is 0. The maximum absolute atomic E-state index is 12.6. The highest BCUT2D eigenvalue weighted by atomic mass is 16.5. The van der Waals surface area contributed by atoms with Crippen LogP contribution in [0, 0.1) is 5.92 Å². The van der Waals surface area contributed by atoms with Crippen LogP contribution in [0.2, 0.25) is 0 Å². The van der Waals surface area contributed by atoms with E-state index in [0.717, 1.165) is 6.92 Å². The van der Waals surface area contributed by atoms with Crippen LogP contribution in [0.25, 0.3) is 0 Å². The second-order valence-corrected chi connectivity index (χ2v) is 6.95. The van der Waals surface area contributed by atoms with Gasteiger partial charge in [0.25, 0.3) is 17.5 Å². The molecule has 26 heavy (non-hydrogen) atoms. The standard InChI is InChI=1S/C15H24N2O9/c1-13(24,7-18)10(21)15-12(23)16-14(25,11(22)17-15)8(5-6-26-15)3-2-4-9(19)20/h8,10,18,21,24-25H,2-7H2,1H3,(H,16,23)(H,17,22)(H,19,20)/t8-,10+,13+,14-,15+/m1/s1. The largest absolute Gasteiger partial charge is 0.481 e. The molecule has 0 aliphatic carbocycles. The summed E-state index contributed by atoms with van der Waals surface area (Å²) >= 11 is 0. The smallest absolute Gasteiger partial charge is 0.303 e. The first-order valence-electron chi connectivity index (χ1n) is 8.24. The number of hydrogen-bond donors (Lipinski definition) is 7. The summed E-state index contributed by atoms with van der Waals surface area (Å²) in [5.41, 5.74) is -6.84. The number of aliphatic hydroxyl groups is 4. The van der Waals surface area contributed by atoms with Gasteiger partial charge in [0.15, 0.2) is 0 Å². The molecule has 3 rings (SSSR count). The van der Waals surface area contributed by atoms with E-state index in [1.54, 1.807) is 0 Å². The summed E-state index contributed by atoms with van der Waals surface area (Å²) in [4.78, 5) is 35.7. The number of rotatable bonds is 7. The lowest BCUT2D eigenvalue weighted by molar-refractivity contribution is -0.241. The molecule has 0 saturated carbocycles. The molecule has 2 amide bonds. The van der Waals surface area contributed by atoms with Crippen molar-refractivity contribution < 1.29 is 44.7 Å². The van der Waals surface area contributed by atoms with Crippen LogP contribution in [0.3, 0.4) is 0 Å². The first kappa shape index (κ1) is 20.5. The fourth-order valence-corrected chi connectivity index (χ4v) is 3.25. The molecule has 0 spiro atoms. The molecule has 0 radical (unpaired) electrons. The summed E-state index contributed by atoms with van der Waals surface area (Å²) in [6.07, 6.45) is -1.76. The molecule has 0 aromatic rings. The molecule has 3 heterocycles. The molecule has 11 nitrogen and oxygen atoms in total. The van der Waals surface area contributed by atoms with Crippen LogP contribution in [-0.4, -0.2) is 79.7 Å². The van der Waals surface area contributed by atoms with Crippen molar-refractivity contribution in [2.24, 2.45) is 5.92 Å². The fraction of sp³-hybridized carbons (Fsp3) is 0.800. The van der Waals surface area contributed by atoms with Crippen LogP contribution >= 0.6 is 0 Å². The van der Waals surface area contributed by atoms with Gasteiger partial charge in [-0.25, -0.2) is 0 Å². The van der Waals surface area contributed by atoms with Crippen molar-refractivity contribution >= 4 is 17.8 Å². The minimum atomic E-state index is -2.37. The SMILES string of the molecule is C[C@](O)(CO)[C@H](O)[C@@]12NC(=O)[C@@](O)(NC1=O)[C@H](CCCC(=O)O)CCO2. The molecule has 3 fully saturated rings. The molecule has 3 aliphatic rings. The number of fused-ring (bicyclic) bond motifs is 5. The van der Waals surface area contributed by atoms with E-state index in [1.807, 2.05) is 0 Å². The van der Waals surface area contributed by atoms with Crippen molar-refractivity contribution in [3.05, 3.63) is 0 Å². The Bertz CT molecular complexity index is 596. The van der Waals surface area contributed by atoms with Crippen molar-refractivity contribution in [3.8, 4) is 0 Å². The zero-order valence-electron chi connectivity index (χ0n) is 14.3. The lowest BCUT2D eigenvalue weighted by Gasteiger charge is -2.51. The lowest BCUT2D eigenvalue weighted by atomic mass is 9.80. The molecule has 0 aromatic carbocycles. The van der Waals surface area contributed by atoms with Crippen molar-refractivity contribution in [3.63, 3.8) is 0 Å². The van der Waals surface area contributed by atoms with E-state index in [2.05, 4.69) is 10.6 Å². The summed E-state index contributed by atoms with van der Waals surface area (Å²) < 4.78 is 5.40. The third-order valence-corrected chi connectivity index (χ3v) is 4.91. The van der Waals surface area contributed by atoms with Gasteiger partial charge in [-0.3, -0.25) is 14.4 Å². The highest BCUT2D eigenvalue weighted by molar-refractivity contribution is 6.01. The molecule has 0 unspecified atom stereocenters. The van der Waals surface area contributed by atoms with Crippen LogP contribution in [0.5, 0.6) is 0 Å². The number of hydrogen-bond acceptors (Lipinski definition) is 8. The molecular formula is C15H24N2O9. The Labute approximate surface area is 149 Å². The topological polar surface area (TPSA) is 186 Å². The van der Waals surface area contributed by atoms with Crippen LogP contribution in [0.15, 0.2) is 0 Å². The molecule has 11 heteroatoms. The van der Waals surface area contributed by atoms with Crippen molar-refractivity contribution in [1.29, 1.82) is 0 Å². The minimum Gasteiger partial charge on any atom is -0.481 e. The van der Waals surface area contributed by atoms with Crippen LogP contribution < -0.4 is 10.6 Å². The number of aliphatic hydroxyl groups excluding tert-OH is 2. The fourth-order valence-electron chi connectivity index (χ4n) is 3.25. The number of ether oxygens (including phenoxy) is 1. The predicted molar refractivity (Wildman–Crippen MR) is 83.2 cm³/mol. The van der Waals surface area contributed by atoms with Crippen LogP contribution in [0.4, 0.5) is 0 Å². The van der Waals surface area contributed by atoms with Gasteiger partial charge in [0.1, 0.15) is 11.7 Å². The van der Waals surface area contributed by atoms with Gasteiger partial charge in [0.05, 0.1) is 13.2 Å². The normalized spacial score (nSPS) is 34.9. The Morgan fingerprint density at radius 2 is 2.04 bits per heavy atom. The molecule has 3 aliphatic heterocycles. The summed E-state index contributed by atoms with van der Waals surface area (Å²) in [5, 5.41) is 53.4. The van der Waals surface area contributed by atoms with Gasteiger partial charge < -0.3 is 40.9 Å². The molecule has 7 N–H and O–H groups in total. The van der Waals surface area contributed by atoms with Gasteiger partial charge in [-0.15, -0.1) is 0 Å². The molecule has 148 valence electrons. The predicted octanol–water partition coefficient (Wildman–Crippen LogP) is -2.99. The highest BCUT2D eigenvalue weighted by Gasteiger charge is 2.64. The van der Waals surface area contributed by atoms with Gasteiger partial charge in [0, 0.05) is 12.3 Å². The Hall–Kier alpha value is -1.79. The summed E-state index contributed by atoms with van der Waals surface area (Å²) in [5.74, 6) is -3.96. The first-order chi connectivity index (χ1) is 12.0. The third-order valence-electron chi connectivity index (χ3n) is 4.91. The molecule has 2 bridgehead atoms. The van der Waals surface area contributed by atoms with E-state index in [-0.39, 0.29) is 32.3 Å². The summed E-state index contributed by atoms with van der Waals surface area (Å²) in [7, 11) is 0. The number of nitrogens with one attached hydrogen (secondary N) is 2. The molecular weight excluding hydrogens is 352 g/mol. The maximum atomic E-state index is 12.6. The average molecular weight is 376 g/mol. The summed E-state index contributed by atoms with van der Waals surface area (Å²) in [6.45, 7) is -0.0136. The van der Waals surface area contributed by atoms with Gasteiger partial charge in [-0.05, 0) is 26.2 Å². The second kappa shape index (κ2) is 7.08. The molecule has 3 saturated heterocycles. The van der Waals surface area contributed by atoms with E-state index in [0.29, 0.717) is 0 Å². The monoisotopic (exact) mass is 376 g/mol. The zero-order chi connectivity index (χ0) is 19.8. The number of carbonyl (C=O) groups is 3. The zero-order valence-corrected chi connectivity index (χ0v) is 14.3. The molecule has 0 aromatic heterocycles. The van der Waals surface area contributed by atoms with Gasteiger partial charge in [-0.1, -0.05) is 0 Å². The Balaban J connectivity index is 2.28. The third kappa shape index (κ3) is 3.40. The van der Waals surface area contributed by atoms with Crippen molar-refractivity contribution in [2.75, 3.05) is 13.2 Å². The number of piperazine rings is 1. The molecule has 5 atom stereocenters. The highest BCUT2D eigenvalue weighted by Crippen LogP contribution is 2.35. The van der Waals surface area contributed by atoms with Crippen molar-refractivity contribution in [2.45, 2.75) is 55.8 Å². The van der Waals surface area contributed by atoms with Crippen LogP contribution in [-0.2, 0) is 19.1 Å². The maximum Gasteiger partial charge on any atom is 0.303 e. The van der Waals surface area contributed by atoms with E-state index in [4.69, 9.17) is 9.84 Å². The van der Waals surface area contributed by atoms with E-state index in [9.17, 15) is 34.8 Å². The minimum absolute atomic E-state index is 0.0968. The average Bonchev–Trinajstić information content (AvgIpc) is 2.55. The van der Waals surface area contributed by atoms with E-state index in [1.165, 1.54) is 0 Å². The van der Waals surface area contributed by atoms with E-state index < -0.39 is 53.5 Å². The quantitative estimate of drug-likeness (QED) is 0.243. The van der Waals surface area contributed by atoms with E-state index >= 15 is 0 Å². The van der Waals surface area contributed by atoms with Gasteiger partial charge in [-0.2, -0.15) is 0 Å². The number of amides is 2. The number of carbonyl (C=O) groups excluding carboxylic acids is 2. The van der Waals surface area contributed by atoms with Gasteiger partial charge in [0.2, 0.25) is 5.72 Å². The number of carboxylic acid groups (broad SMARTS) is 1.